The number of halogens is 5. The zero-order valence-electron chi connectivity index (χ0n) is 27.7. The van der Waals surface area contributed by atoms with Crippen LogP contribution in [0.25, 0.3) is 0 Å². The van der Waals surface area contributed by atoms with Crippen LogP contribution in [0, 0.1) is 23.7 Å². The number of carbonyl (C=O) groups excluding carboxylic acids is 4. The lowest BCUT2D eigenvalue weighted by Crippen LogP contribution is -2.53. The standard InChI is InChI=1S/C37H32Cl2F3N3O7/c1-3-14-44-32(47)23-11-10-22-24(30(23)34(44)49)17-26-33(48)45(43-28-12-6-19(38)15-27(28)39)35(50)36(26,18-4-7-20(51-2)8-5-18)31(22)25-16-21(9-13-29(25)46)52-37(40,41)42/h4-10,12-13,15-16,23-24,26,30-31,43,46H,3,11,14,17H2,1-2H3/t23-,24+,26-,30-,31+,36+/m0/s1. The fourth-order valence-corrected chi connectivity index (χ4v) is 9.11. The molecule has 1 saturated carbocycles. The summed E-state index contributed by atoms with van der Waals surface area (Å²) in [6.07, 6.45) is -2.79. The molecule has 2 saturated heterocycles. The highest BCUT2D eigenvalue weighted by molar-refractivity contribution is 6.36. The van der Waals surface area contributed by atoms with Crippen molar-refractivity contribution in [3.8, 4) is 17.2 Å². The molecular weight excluding hydrogens is 726 g/mol. The molecule has 2 N–H and O–H groups in total. The van der Waals surface area contributed by atoms with Crippen molar-refractivity contribution in [2.24, 2.45) is 23.7 Å². The third-order valence-electron chi connectivity index (χ3n) is 10.7. The first-order valence-electron chi connectivity index (χ1n) is 16.6. The number of fused-ring (bicyclic) bond motifs is 4. The molecule has 7 rings (SSSR count). The number of rotatable bonds is 8. The SMILES string of the molecule is CCCN1C(=O)[C@H]2[C@H](CC=C3[C@H]2C[C@H]2C(=O)N(Nc4ccc(Cl)cc4Cl)C(=O)[C@@]2(c2ccc(OC)cc2)[C@H]3c2cc(OC(F)(F)F)ccc2O)C1=O. The number of likely N-dealkylation sites (tertiary alicyclic amines) is 1. The van der Waals surface area contributed by atoms with Gasteiger partial charge in [-0.05, 0) is 79.3 Å². The number of methoxy groups -OCH3 is 1. The van der Waals surface area contributed by atoms with Gasteiger partial charge in [-0.15, -0.1) is 13.2 Å². The maximum absolute atomic E-state index is 15.3. The van der Waals surface area contributed by atoms with Gasteiger partial charge in [-0.3, -0.25) is 29.5 Å². The number of ether oxygens (including phenoxy) is 2. The lowest BCUT2D eigenvalue weighted by atomic mass is 9.49. The van der Waals surface area contributed by atoms with Crippen LogP contribution in [-0.2, 0) is 24.6 Å². The highest BCUT2D eigenvalue weighted by atomic mass is 35.5. The van der Waals surface area contributed by atoms with Crippen molar-refractivity contribution in [2.45, 2.75) is 43.9 Å². The van der Waals surface area contributed by atoms with E-state index in [1.165, 1.54) is 30.2 Å². The highest BCUT2D eigenvalue weighted by Crippen LogP contribution is 2.65. The van der Waals surface area contributed by atoms with Crippen LogP contribution < -0.4 is 14.9 Å². The van der Waals surface area contributed by atoms with E-state index in [0.717, 1.165) is 23.2 Å². The van der Waals surface area contributed by atoms with Gasteiger partial charge in [-0.25, -0.2) is 0 Å². The molecule has 2 heterocycles. The van der Waals surface area contributed by atoms with Crippen molar-refractivity contribution >= 4 is 52.5 Å². The van der Waals surface area contributed by atoms with E-state index in [0.29, 0.717) is 28.3 Å². The number of allylic oxidation sites excluding steroid dienone is 2. The summed E-state index contributed by atoms with van der Waals surface area (Å²) >= 11 is 12.6. The van der Waals surface area contributed by atoms with Gasteiger partial charge in [-0.2, -0.15) is 5.01 Å². The molecule has 10 nitrogen and oxygen atoms in total. The molecule has 6 atom stereocenters. The lowest BCUT2D eigenvalue weighted by molar-refractivity contribution is -0.274. The van der Waals surface area contributed by atoms with Crippen molar-refractivity contribution in [1.82, 2.24) is 9.91 Å². The molecular formula is C37H32Cl2F3N3O7. The summed E-state index contributed by atoms with van der Waals surface area (Å²) in [4.78, 5) is 58.8. The van der Waals surface area contributed by atoms with Crippen molar-refractivity contribution in [2.75, 3.05) is 19.1 Å². The zero-order valence-corrected chi connectivity index (χ0v) is 29.3. The van der Waals surface area contributed by atoms with Crippen molar-refractivity contribution in [3.63, 3.8) is 0 Å². The van der Waals surface area contributed by atoms with Crippen LogP contribution in [0.1, 0.15) is 43.2 Å². The van der Waals surface area contributed by atoms with Crippen LogP contribution in [0.2, 0.25) is 10.0 Å². The number of imide groups is 2. The van der Waals surface area contributed by atoms with Gasteiger partial charge in [0.05, 0.1) is 41.0 Å². The molecule has 52 heavy (non-hydrogen) atoms. The first-order valence-corrected chi connectivity index (χ1v) is 17.3. The van der Waals surface area contributed by atoms with Crippen LogP contribution in [-0.4, -0.2) is 58.7 Å². The van der Waals surface area contributed by atoms with Crippen molar-refractivity contribution < 1.29 is 46.9 Å². The zero-order chi connectivity index (χ0) is 37.3. The molecule has 4 amide bonds. The molecule has 272 valence electrons. The van der Waals surface area contributed by atoms with Gasteiger partial charge in [0.2, 0.25) is 11.8 Å². The molecule has 2 aliphatic heterocycles. The molecule has 0 spiro atoms. The second-order valence-electron chi connectivity index (χ2n) is 13.3. The second-order valence-corrected chi connectivity index (χ2v) is 14.2. The van der Waals surface area contributed by atoms with Gasteiger partial charge < -0.3 is 14.6 Å². The third-order valence-corrected chi connectivity index (χ3v) is 11.2. The minimum atomic E-state index is -5.09. The molecule has 15 heteroatoms. The van der Waals surface area contributed by atoms with Gasteiger partial charge in [0, 0.05) is 23.0 Å². The van der Waals surface area contributed by atoms with Crippen LogP contribution in [0.15, 0.2) is 72.3 Å². The number of hydrogen-bond acceptors (Lipinski definition) is 8. The Hall–Kier alpha value is -4.75. The average Bonchev–Trinajstić information content (AvgIpc) is 3.47. The number of phenolic OH excluding ortho intramolecular Hbond substituents is 1. The van der Waals surface area contributed by atoms with E-state index >= 15 is 4.79 Å². The molecule has 0 aromatic heterocycles. The molecule has 2 aliphatic carbocycles. The molecule has 4 aliphatic rings. The number of amides is 4. The number of carbonyl (C=O) groups is 4. The summed E-state index contributed by atoms with van der Waals surface area (Å²) in [6, 6.07) is 13.7. The number of nitrogens with zero attached hydrogens (tertiary/aromatic N) is 2. The monoisotopic (exact) mass is 757 g/mol. The Morgan fingerprint density at radius 1 is 0.942 bits per heavy atom. The number of nitrogens with one attached hydrogen (secondary N) is 1. The fourth-order valence-electron chi connectivity index (χ4n) is 8.66. The Labute approximate surface area is 306 Å². The minimum Gasteiger partial charge on any atom is -0.508 e. The Kier molecular flexibility index (Phi) is 8.93. The quantitative estimate of drug-likeness (QED) is 0.186. The van der Waals surface area contributed by atoms with Crippen LogP contribution in [0.5, 0.6) is 17.2 Å². The Bertz CT molecular complexity index is 2020. The van der Waals surface area contributed by atoms with Crippen LogP contribution >= 0.6 is 23.2 Å². The number of anilines is 1. The number of alkyl halides is 3. The second kappa shape index (κ2) is 13.0. The van der Waals surface area contributed by atoms with Gasteiger partial charge in [0.1, 0.15) is 17.2 Å². The molecule has 0 unspecified atom stereocenters. The Morgan fingerprint density at radius 3 is 2.31 bits per heavy atom. The minimum absolute atomic E-state index is 0.0644. The number of benzene rings is 3. The fraction of sp³-hybridized carbons (Fsp3) is 0.351. The predicted molar refractivity (Wildman–Crippen MR) is 182 cm³/mol. The average molecular weight is 759 g/mol. The third kappa shape index (κ3) is 5.56. The molecule has 0 bridgehead atoms. The number of aromatic hydroxyl groups is 1. The van der Waals surface area contributed by atoms with Gasteiger partial charge in [0.25, 0.3) is 11.8 Å². The maximum atomic E-state index is 15.3. The van der Waals surface area contributed by atoms with Crippen LogP contribution in [0.3, 0.4) is 0 Å². The largest absolute Gasteiger partial charge is 0.573 e. The van der Waals surface area contributed by atoms with Gasteiger partial charge in [0.15, 0.2) is 0 Å². The molecule has 3 aromatic rings. The van der Waals surface area contributed by atoms with Gasteiger partial charge >= 0.3 is 6.36 Å². The molecule has 3 fully saturated rings. The van der Waals surface area contributed by atoms with Crippen molar-refractivity contribution in [3.05, 3.63) is 93.5 Å². The first-order chi connectivity index (χ1) is 24.7. The number of phenols is 1. The molecule has 3 aromatic carbocycles. The summed E-state index contributed by atoms with van der Waals surface area (Å²) < 4.78 is 50.3. The normalized spacial score (nSPS) is 26.9. The number of hydrazine groups is 1. The Balaban J connectivity index is 1.48. The van der Waals surface area contributed by atoms with Crippen molar-refractivity contribution in [1.29, 1.82) is 0 Å². The van der Waals surface area contributed by atoms with E-state index in [9.17, 15) is 32.7 Å². The van der Waals surface area contributed by atoms with Gasteiger partial charge in [-0.1, -0.05) is 53.9 Å². The molecule has 0 radical (unpaired) electrons. The first kappa shape index (κ1) is 35.6. The summed E-state index contributed by atoms with van der Waals surface area (Å²) in [5, 5.41) is 12.7. The summed E-state index contributed by atoms with van der Waals surface area (Å²) in [6.45, 7) is 2.03. The van der Waals surface area contributed by atoms with Crippen LogP contribution in [0.4, 0.5) is 18.9 Å². The van der Waals surface area contributed by atoms with E-state index in [2.05, 4.69) is 10.2 Å². The summed E-state index contributed by atoms with van der Waals surface area (Å²) in [5.74, 6) is -7.93. The van der Waals surface area contributed by atoms with E-state index in [1.807, 2.05) is 6.92 Å². The summed E-state index contributed by atoms with van der Waals surface area (Å²) in [5.41, 5.74) is 1.73. The smallest absolute Gasteiger partial charge is 0.508 e. The predicted octanol–water partition coefficient (Wildman–Crippen LogP) is 7.00. The van der Waals surface area contributed by atoms with E-state index in [4.69, 9.17) is 27.9 Å². The lowest BCUT2D eigenvalue weighted by Gasteiger charge is -2.50. The number of hydrogen-bond donors (Lipinski definition) is 2. The van der Waals surface area contributed by atoms with E-state index < -0.39 is 70.6 Å². The Morgan fingerprint density at radius 2 is 1.65 bits per heavy atom. The summed E-state index contributed by atoms with van der Waals surface area (Å²) in [7, 11) is 1.45. The maximum Gasteiger partial charge on any atom is 0.573 e. The van der Waals surface area contributed by atoms with E-state index in [1.54, 1.807) is 30.3 Å². The highest BCUT2D eigenvalue weighted by Gasteiger charge is 2.70. The van der Waals surface area contributed by atoms with E-state index in [-0.39, 0.29) is 41.6 Å². The topological polar surface area (TPSA) is 125 Å².